The molecule has 0 saturated heterocycles. The van der Waals surface area contributed by atoms with Gasteiger partial charge in [-0.05, 0) is 48.1 Å². The molecule has 3 heterocycles. The fourth-order valence-electron chi connectivity index (χ4n) is 7.11. The number of hydrogen-bond acceptors (Lipinski definition) is 1. The molecule has 7 rings (SSSR count). The van der Waals surface area contributed by atoms with Crippen LogP contribution in [0.15, 0.2) is 114 Å². The van der Waals surface area contributed by atoms with E-state index in [0.717, 1.165) is 56.4 Å². The maximum atomic E-state index is 6.39. The van der Waals surface area contributed by atoms with Crippen LogP contribution in [-0.2, 0) is 26.5 Å². The molecule has 0 atom stereocenters. The Morgan fingerprint density at radius 1 is 0.698 bits per heavy atom. The van der Waals surface area contributed by atoms with Crippen LogP contribution >= 0.6 is 0 Å². The molecule has 3 nitrogen and oxygen atoms in total. The molecule has 0 saturated carbocycles. The first-order valence-corrected chi connectivity index (χ1v) is 21.5. The number of pyridine rings is 2. The topological polar surface area (TPSA) is 20.9 Å². The molecule has 1 radical (unpaired) electrons. The molecule has 0 fully saturated rings. The molecule has 0 aliphatic carbocycles. The van der Waals surface area contributed by atoms with Gasteiger partial charge in [-0.2, -0.15) is 37.1 Å². The number of hydrogen-bond donors (Lipinski definition) is 0. The third kappa shape index (κ3) is 8.44. The molecule has 7 aromatic rings. The molecule has 3 aromatic heterocycles. The van der Waals surface area contributed by atoms with Crippen molar-refractivity contribution in [2.24, 2.45) is 5.41 Å². The number of aromatic nitrogens is 2. The summed E-state index contributed by atoms with van der Waals surface area (Å²) >= 11 is 0. The van der Waals surface area contributed by atoms with E-state index < -0.39 is 8.07 Å². The van der Waals surface area contributed by atoms with E-state index in [4.69, 9.17) is 4.42 Å². The Hall–Kier alpha value is -4.67. The maximum Gasteiger partial charge on any atom is 0.134 e. The minimum absolute atomic E-state index is 0. The van der Waals surface area contributed by atoms with Gasteiger partial charge in [0.25, 0.3) is 0 Å². The standard InChI is InChI=1S/C26H20NO.C22H32NSi.Ir/c1-17-14-15-27(3)22(16-17)24-18(2)12-13-21-25-20(19-8-5-4-6-9-19)10-7-11-23(25)28-26(21)24;1-16-10-11-17(2)19(12-16)20-13-18(14-22(3,4)5)21(15-23(20)6)24(7,8)9;/h4-16H,2-3H2,1H3;10-13,15H,2,6,14H2,1,3-5,7-9H3;/q2*-1;. The van der Waals surface area contributed by atoms with Gasteiger partial charge in [-0.3, -0.25) is 0 Å². The van der Waals surface area contributed by atoms with Crippen molar-refractivity contribution in [3.63, 3.8) is 0 Å². The quantitative estimate of drug-likeness (QED) is 0.0958. The van der Waals surface area contributed by atoms with Gasteiger partial charge < -0.3 is 13.6 Å². The van der Waals surface area contributed by atoms with Crippen molar-refractivity contribution < 1.29 is 33.7 Å². The Morgan fingerprint density at radius 3 is 2.06 bits per heavy atom. The second-order valence-electron chi connectivity index (χ2n) is 16.4. The second-order valence-corrected chi connectivity index (χ2v) is 21.4. The summed E-state index contributed by atoms with van der Waals surface area (Å²) in [5, 5.41) is 3.74. The van der Waals surface area contributed by atoms with Gasteiger partial charge >= 0.3 is 0 Å². The van der Waals surface area contributed by atoms with Gasteiger partial charge in [-0.15, -0.1) is 23.8 Å². The van der Waals surface area contributed by atoms with E-state index in [1.165, 1.54) is 38.6 Å². The summed E-state index contributed by atoms with van der Waals surface area (Å²) in [5.74, 6) is 0. The third-order valence-electron chi connectivity index (χ3n) is 9.61. The fourth-order valence-corrected chi connectivity index (χ4v) is 8.77. The molecule has 0 aliphatic rings. The number of furan rings is 1. The normalized spacial score (nSPS) is 11.6. The van der Waals surface area contributed by atoms with Gasteiger partial charge in [0, 0.05) is 45.0 Å². The summed E-state index contributed by atoms with van der Waals surface area (Å²) in [7, 11) is 7.01. The molecule has 0 aliphatic heterocycles. The van der Waals surface area contributed by atoms with Gasteiger partial charge in [-0.1, -0.05) is 123 Å². The van der Waals surface area contributed by atoms with Gasteiger partial charge in [0.2, 0.25) is 0 Å². The predicted molar refractivity (Wildman–Crippen MR) is 223 cm³/mol. The average Bonchev–Trinajstić information content (AvgIpc) is 3.46. The van der Waals surface area contributed by atoms with Gasteiger partial charge in [-0.25, -0.2) is 0 Å². The largest absolute Gasteiger partial charge is 0.469 e. The monoisotopic (exact) mass is 893 g/mol. The molecule has 0 spiro atoms. The predicted octanol–water partition coefficient (Wildman–Crippen LogP) is 11.2. The minimum Gasteiger partial charge on any atom is -0.469 e. The maximum absolute atomic E-state index is 6.39. The summed E-state index contributed by atoms with van der Waals surface area (Å²) in [4.78, 5) is 0. The number of aryl methyl sites for hydroxylation is 2. The summed E-state index contributed by atoms with van der Waals surface area (Å²) in [5.41, 5.74) is 14.6. The molecule has 4 aromatic carbocycles. The smallest absolute Gasteiger partial charge is 0.134 e. The summed E-state index contributed by atoms with van der Waals surface area (Å²) in [6.45, 7) is 26.9. The molecule has 0 N–H and O–H groups in total. The van der Waals surface area contributed by atoms with Crippen LogP contribution < -0.4 is 14.3 Å². The molecular formula is C48H52IrN2OSi-2. The van der Waals surface area contributed by atoms with Crippen molar-refractivity contribution >= 4 is 35.2 Å². The first kappa shape index (κ1) is 39.5. The van der Waals surface area contributed by atoms with Crippen LogP contribution in [0.5, 0.6) is 0 Å². The van der Waals surface area contributed by atoms with E-state index in [2.05, 4.69) is 161 Å². The summed E-state index contributed by atoms with van der Waals surface area (Å²) in [6.07, 6.45) is 5.32. The van der Waals surface area contributed by atoms with Crippen LogP contribution in [-0.4, -0.2) is 8.07 Å². The molecule has 53 heavy (non-hydrogen) atoms. The van der Waals surface area contributed by atoms with E-state index in [1.54, 1.807) is 0 Å². The molecule has 5 heteroatoms. The van der Waals surface area contributed by atoms with Crippen molar-refractivity contribution in [2.45, 2.75) is 60.7 Å². The zero-order valence-electron chi connectivity index (χ0n) is 32.6. The average molecular weight is 893 g/mol. The van der Waals surface area contributed by atoms with Crippen LogP contribution in [0.3, 0.4) is 0 Å². The first-order valence-electron chi connectivity index (χ1n) is 18.0. The van der Waals surface area contributed by atoms with Crippen molar-refractivity contribution in [2.75, 3.05) is 0 Å². The Kier molecular flexibility index (Phi) is 11.5. The molecule has 275 valence electrons. The van der Waals surface area contributed by atoms with Crippen molar-refractivity contribution in [3.05, 3.63) is 165 Å². The molecule has 0 unspecified atom stereocenters. The van der Waals surface area contributed by atoms with Crippen molar-refractivity contribution in [1.29, 1.82) is 0 Å². The summed E-state index contributed by atoms with van der Waals surface area (Å²) in [6, 6.07) is 33.8. The minimum atomic E-state index is -1.43. The van der Waals surface area contributed by atoms with E-state index in [9.17, 15) is 0 Å². The van der Waals surface area contributed by atoms with Gasteiger partial charge in [0.05, 0.1) is 37.4 Å². The molecular weight excluding hydrogens is 841 g/mol. The SMILES string of the molecule is [CH2-]c1ccc(C)cc1-c1cc(CC(C)(C)C)c([Si](C)(C)C)c[n+]1[CH2-].[CH2-]c1ccc2c(oc3cccc(-c4ccccc4)c32)c1-c1cc(C)cc[n+]1[CH2-].[Ir]. The van der Waals surface area contributed by atoms with Crippen molar-refractivity contribution in [1.82, 2.24) is 0 Å². The van der Waals surface area contributed by atoms with Gasteiger partial charge in [0.15, 0.2) is 0 Å². The van der Waals surface area contributed by atoms with Crippen LogP contribution in [0.25, 0.3) is 55.6 Å². The fraction of sp³-hybridized carbons (Fsp3) is 0.208. The third-order valence-corrected chi connectivity index (χ3v) is 11.7. The second kappa shape index (κ2) is 15.4. The molecule has 0 bridgehead atoms. The van der Waals surface area contributed by atoms with Crippen LogP contribution in [0, 0.1) is 47.2 Å². The van der Waals surface area contributed by atoms with Gasteiger partial charge in [0.1, 0.15) is 5.58 Å². The Bertz CT molecular complexity index is 2410. The Balaban J connectivity index is 0.000000203. The van der Waals surface area contributed by atoms with E-state index in [1.807, 2.05) is 39.6 Å². The Labute approximate surface area is 332 Å². The van der Waals surface area contributed by atoms with E-state index in [-0.39, 0.29) is 25.5 Å². The van der Waals surface area contributed by atoms with Crippen LogP contribution in [0.2, 0.25) is 19.6 Å². The Morgan fingerprint density at radius 2 is 1.38 bits per heavy atom. The van der Waals surface area contributed by atoms with E-state index in [0.29, 0.717) is 0 Å². The number of benzene rings is 4. The first-order chi connectivity index (χ1) is 24.5. The van der Waals surface area contributed by atoms with Crippen molar-refractivity contribution in [3.8, 4) is 33.6 Å². The van der Waals surface area contributed by atoms with E-state index >= 15 is 0 Å². The van der Waals surface area contributed by atoms with Crippen LogP contribution in [0.4, 0.5) is 0 Å². The number of nitrogens with zero attached hydrogens (tertiary/aromatic N) is 2. The zero-order chi connectivity index (χ0) is 37.5. The molecule has 0 amide bonds. The number of fused-ring (bicyclic) bond motifs is 3. The number of rotatable bonds is 5. The summed E-state index contributed by atoms with van der Waals surface area (Å²) < 4.78 is 10.3. The van der Waals surface area contributed by atoms with Crippen LogP contribution in [0.1, 0.15) is 48.6 Å². The zero-order valence-corrected chi connectivity index (χ0v) is 36.0.